The van der Waals surface area contributed by atoms with Gasteiger partial charge in [0, 0.05) is 19.8 Å². The van der Waals surface area contributed by atoms with Crippen molar-refractivity contribution < 1.29 is 9.47 Å². The lowest BCUT2D eigenvalue weighted by Crippen LogP contribution is -2.40. The molecule has 0 radical (unpaired) electrons. The molecule has 0 aromatic heterocycles. The van der Waals surface area contributed by atoms with Crippen LogP contribution in [0.1, 0.15) is 20.3 Å². The fourth-order valence-corrected chi connectivity index (χ4v) is 0.941. The molecule has 0 saturated heterocycles. The quantitative estimate of drug-likeness (QED) is 0.432. The lowest BCUT2D eigenvalue weighted by atomic mass is 10.1. The van der Waals surface area contributed by atoms with Crippen LogP contribution in [0.5, 0.6) is 0 Å². The number of nitrogens with one attached hydrogen (secondary N) is 1. The standard InChI is InChI=1S/C8H20N2O2/c1-4-12-6-8(10-9)5-7(2)11-3/h7-8,10H,4-6,9H2,1-3H3. The second kappa shape index (κ2) is 7.49. The molecule has 0 aromatic carbocycles. The zero-order valence-corrected chi connectivity index (χ0v) is 8.17. The van der Waals surface area contributed by atoms with Crippen LogP contribution in [0.25, 0.3) is 0 Å². The Kier molecular flexibility index (Phi) is 7.39. The van der Waals surface area contributed by atoms with Crippen LogP contribution >= 0.6 is 0 Å². The molecule has 12 heavy (non-hydrogen) atoms. The first kappa shape index (κ1) is 11.8. The van der Waals surface area contributed by atoms with Crippen LogP contribution < -0.4 is 11.3 Å². The number of nitrogens with two attached hydrogens (primary N) is 1. The molecule has 0 aromatic rings. The molecule has 0 amide bonds. The summed E-state index contributed by atoms with van der Waals surface area (Å²) in [6, 6.07) is 0.180. The van der Waals surface area contributed by atoms with E-state index in [9.17, 15) is 0 Å². The highest BCUT2D eigenvalue weighted by Crippen LogP contribution is 2.00. The van der Waals surface area contributed by atoms with Gasteiger partial charge in [-0.05, 0) is 20.3 Å². The van der Waals surface area contributed by atoms with Crippen LogP contribution in [0.2, 0.25) is 0 Å². The van der Waals surface area contributed by atoms with E-state index in [2.05, 4.69) is 5.43 Å². The summed E-state index contributed by atoms with van der Waals surface area (Å²) in [7, 11) is 1.69. The van der Waals surface area contributed by atoms with Gasteiger partial charge in [-0.2, -0.15) is 0 Å². The van der Waals surface area contributed by atoms with Gasteiger partial charge in [-0.15, -0.1) is 0 Å². The molecule has 4 nitrogen and oxygen atoms in total. The van der Waals surface area contributed by atoms with E-state index in [1.165, 1.54) is 0 Å². The molecule has 0 fully saturated rings. The van der Waals surface area contributed by atoms with E-state index in [0.717, 1.165) is 13.0 Å². The highest BCUT2D eigenvalue weighted by molar-refractivity contribution is 4.66. The molecule has 74 valence electrons. The fraction of sp³-hybridized carbons (Fsp3) is 1.00. The van der Waals surface area contributed by atoms with E-state index in [1.54, 1.807) is 7.11 Å². The maximum Gasteiger partial charge on any atom is 0.0633 e. The van der Waals surface area contributed by atoms with E-state index >= 15 is 0 Å². The summed E-state index contributed by atoms with van der Waals surface area (Å²) in [4.78, 5) is 0. The predicted octanol–water partition coefficient (Wildman–Crippen LogP) is 0.280. The number of hydrazine groups is 1. The van der Waals surface area contributed by atoms with Crippen LogP contribution in [0.4, 0.5) is 0 Å². The SMILES string of the molecule is CCOCC(CC(C)OC)NN. The topological polar surface area (TPSA) is 56.5 Å². The summed E-state index contributed by atoms with van der Waals surface area (Å²) in [6.07, 6.45) is 1.08. The molecule has 0 aliphatic heterocycles. The summed E-state index contributed by atoms with van der Waals surface area (Å²) in [6.45, 7) is 5.34. The summed E-state index contributed by atoms with van der Waals surface area (Å²) in [5, 5.41) is 0. The normalized spacial score (nSPS) is 16.0. The average Bonchev–Trinajstić information content (AvgIpc) is 2.11. The van der Waals surface area contributed by atoms with Crippen molar-refractivity contribution in [3.8, 4) is 0 Å². The minimum Gasteiger partial charge on any atom is -0.382 e. The Labute approximate surface area is 74.4 Å². The fourth-order valence-electron chi connectivity index (χ4n) is 0.941. The zero-order chi connectivity index (χ0) is 9.40. The monoisotopic (exact) mass is 176 g/mol. The molecule has 0 rings (SSSR count). The smallest absolute Gasteiger partial charge is 0.0633 e. The molecular weight excluding hydrogens is 156 g/mol. The summed E-state index contributed by atoms with van der Waals surface area (Å²) >= 11 is 0. The third-order valence-electron chi connectivity index (χ3n) is 1.78. The van der Waals surface area contributed by atoms with E-state index in [4.69, 9.17) is 15.3 Å². The Morgan fingerprint density at radius 3 is 2.58 bits per heavy atom. The number of ether oxygens (including phenoxy) is 2. The minimum absolute atomic E-state index is 0.180. The lowest BCUT2D eigenvalue weighted by molar-refractivity contribution is 0.0698. The second-order valence-corrected chi connectivity index (χ2v) is 2.81. The largest absolute Gasteiger partial charge is 0.382 e. The highest BCUT2D eigenvalue weighted by atomic mass is 16.5. The van der Waals surface area contributed by atoms with Gasteiger partial charge in [0.2, 0.25) is 0 Å². The van der Waals surface area contributed by atoms with E-state index in [0.29, 0.717) is 6.61 Å². The van der Waals surface area contributed by atoms with Crippen LogP contribution in [0.15, 0.2) is 0 Å². The van der Waals surface area contributed by atoms with Crippen molar-refractivity contribution in [2.75, 3.05) is 20.3 Å². The van der Waals surface area contributed by atoms with Gasteiger partial charge in [0.1, 0.15) is 0 Å². The van der Waals surface area contributed by atoms with Gasteiger partial charge in [-0.3, -0.25) is 11.3 Å². The van der Waals surface area contributed by atoms with Crippen LogP contribution in [-0.2, 0) is 9.47 Å². The first-order chi connectivity index (χ1) is 5.74. The van der Waals surface area contributed by atoms with Crippen LogP contribution in [0.3, 0.4) is 0 Å². The molecule has 0 spiro atoms. The number of methoxy groups -OCH3 is 1. The minimum atomic E-state index is 0.180. The summed E-state index contributed by atoms with van der Waals surface area (Å²) in [5.74, 6) is 5.33. The van der Waals surface area contributed by atoms with Crippen molar-refractivity contribution in [3.05, 3.63) is 0 Å². The molecule has 4 heteroatoms. The predicted molar refractivity (Wildman–Crippen MR) is 48.7 cm³/mol. The zero-order valence-electron chi connectivity index (χ0n) is 8.17. The van der Waals surface area contributed by atoms with Gasteiger partial charge < -0.3 is 9.47 Å². The maximum absolute atomic E-state index is 5.33. The molecule has 0 aliphatic rings. The Morgan fingerprint density at radius 2 is 2.17 bits per heavy atom. The molecule has 0 bridgehead atoms. The molecule has 2 atom stereocenters. The Bertz CT molecular complexity index is 101. The third kappa shape index (κ3) is 5.49. The summed E-state index contributed by atoms with van der Waals surface area (Å²) in [5.41, 5.74) is 2.70. The molecule has 0 saturated carbocycles. The van der Waals surface area contributed by atoms with Crippen LogP contribution in [0, 0.1) is 0 Å². The van der Waals surface area contributed by atoms with E-state index < -0.39 is 0 Å². The molecule has 0 aliphatic carbocycles. The number of hydrogen-bond donors (Lipinski definition) is 2. The van der Waals surface area contributed by atoms with Crippen molar-refractivity contribution >= 4 is 0 Å². The number of hydrogen-bond acceptors (Lipinski definition) is 4. The highest BCUT2D eigenvalue weighted by Gasteiger charge is 2.10. The van der Waals surface area contributed by atoms with Crippen molar-refractivity contribution in [3.63, 3.8) is 0 Å². The van der Waals surface area contributed by atoms with E-state index in [1.807, 2.05) is 13.8 Å². The van der Waals surface area contributed by atoms with E-state index in [-0.39, 0.29) is 12.1 Å². The first-order valence-corrected chi connectivity index (χ1v) is 4.31. The maximum atomic E-state index is 5.33. The van der Waals surface area contributed by atoms with Gasteiger partial charge in [0.15, 0.2) is 0 Å². The summed E-state index contributed by atoms with van der Waals surface area (Å²) < 4.78 is 10.3. The lowest BCUT2D eigenvalue weighted by Gasteiger charge is -2.18. The van der Waals surface area contributed by atoms with Gasteiger partial charge in [-0.25, -0.2) is 0 Å². The first-order valence-electron chi connectivity index (χ1n) is 4.31. The van der Waals surface area contributed by atoms with Crippen molar-refractivity contribution in [2.45, 2.75) is 32.4 Å². The average molecular weight is 176 g/mol. The Morgan fingerprint density at radius 1 is 1.50 bits per heavy atom. The molecule has 3 N–H and O–H groups in total. The van der Waals surface area contributed by atoms with Gasteiger partial charge >= 0.3 is 0 Å². The number of rotatable bonds is 7. The Balaban J connectivity index is 3.51. The van der Waals surface area contributed by atoms with Gasteiger partial charge in [-0.1, -0.05) is 0 Å². The van der Waals surface area contributed by atoms with Crippen LogP contribution in [-0.4, -0.2) is 32.5 Å². The molecular formula is C8H20N2O2. The third-order valence-corrected chi connectivity index (χ3v) is 1.78. The van der Waals surface area contributed by atoms with Crippen molar-refractivity contribution in [2.24, 2.45) is 5.84 Å². The van der Waals surface area contributed by atoms with Gasteiger partial charge in [0.25, 0.3) is 0 Å². The van der Waals surface area contributed by atoms with Gasteiger partial charge in [0.05, 0.1) is 12.7 Å². The molecule has 2 unspecified atom stereocenters. The molecule has 0 heterocycles. The second-order valence-electron chi connectivity index (χ2n) is 2.81. The van der Waals surface area contributed by atoms with Crippen molar-refractivity contribution in [1.82, 2.24) is 5.43 Å². The van der Waals surface area contributed by atoms with Crippen molar-refractivity contribution in [1.29, 1.82) is 0 Å². The Hall–Kier alpha value is -0.160.